The van der Waals surface area contributed by atoms with Gasteiger partial charge in [-0.1, -0.05) is 33.4 Å². The molecule has 8 rings (SSSR count). The van der Waals surface area contributed by atoms with Crippen LogP contribution in [-0.2, 0) is 11.1 Å². The van der Waals surface area contributed by atoms with E-state index in [1.807, 2.05) is 26.0 Å². The highest BCUT2D eigenvalue weighted by Crippen LogP contribution is 2.52. The molecule has 0 saturated heterocycles. The van der Waals surface area contributed by atoms with Gasteiger partial charge in [-0.15, -0.1) is 0 Å². The Balaban J connectivity index is 0.000000152. The van der Waals surface area contributed by atoms with Crippen LogP contribution in [-0.4, -0.2) is 31.1 Å². The van der Waals surface area contributed by atoms with Crippen molar-refractivity contribution < 1.29 is 9.47 Å². The summed E-state index contributed by atoms with van der Waals surface area (Å²) in [6.07, 6.45) is 15.2. The van der Waals surface area contributed by atoms with Crippen molar-refractivity contribution in [2.75, 3.05) is 0 Å². The van der Waals surface area contributed by atoms with Gasteiger partial charge in [-0.3, -0.25) is 0 Å². The standard InChI is InChI=1S/2C17H18ClN5O/c2*1-16(5-6-16)24-15-12-8-20-14(18)7-11(12)13(9-21-15)17(2,22-23-19)10-3-4-10/h2*7-10H,3-6H2,1-2H3/t2*17-/m10/s1. The fraction of sp³-hybridized carbons (Fsp3) is 0.529. The molecule has 248 valence electrons. The van der Waals surface area contributed by atoms with Gasteiger partial charge >= 0.3 is 0 Å². The van der Waals surface area contributed by atoms with Crippen LogP contribution in [0, 0.1) is 11.8 Å². The predicted octanol–water partition coefficient (Wildman–Crippen LogP) is 10.3. The molecule has 2 atom stereocenters. The van der Waals surface area contributed by atoms with Crippen molar-refractivity contribution in [1.82, 2.24) is 19.9 Å². The van der Waals surface area contributed by atoms with E-state index in [0.717, 1.165) is 84.0 Å². The van der Waals surface area contributed by atoms with Crippen molar-refractivity contribution in [3.63, 3.8) is 0 Å². The first kappa shape index (κ1) is 32.5. The molecule has 0 spiro atoms. The number of ether oxygens (including phenoxy) is 2. The van der Waals surface area contributed by atoms with Gasteiger partial charge in [0.2, 0.25) is 11.8 Å². The zero-order valence-electron chi connectivity index (χ0n) is 27.3. The number of halogens is 2. The molecule has 0 amide bonds. The van der Waals surface area contributed by atoms with E-state index in [9.17, 15) is 0 Å². The van der Waals surface area contributed by atoms with Gasteiger partial charge in [-0.25, -0.2) is 19.9 Å². The summed E-state index contributed by atoms with van der Waals surface area (Å²) in [5, 5.41) is 12.5. The zero-order chi connectivity index (χ0) is 33.9. The van der Waals surface area contributed by atoms with E-state index in [1.165, 1.54) is 0 Å². The minimum Gasteiger partial charge on any atom is -0.471 e. The summed E-state index contributed by atoms with van der Waals surface area (Å²) >= 11 is 12.3. The van der Waals surface area contributed by atoms with Crippen molar-refractivity contribution in [1.29, 1.82) is 0 Å². The third-order valence-corrected chi connectivity index (χ3v) is 10.8. The second kappa shape index (κ2) is 11.8. The van der Waals surface area contributed by atoms with Crippen LogP contribution in [0.15, 0.2) is 47.1 Å². The third kappa shape index (κ3) is 6.26. The molecule has 4 saturated carbocycles. The summed E-state index contributed by atoms with van der Waals surface area (Å²) in [7, 11) is 0. The third-order valence-electron chi connectivity index (χ3n) is 10.3. The molecule has 48 heavy (non-hydrogen) atoms. The van der Waals surface area contributed by atoms with Gasteiger partial charge in [0, 0.05) is 34.6 Å². The van der Waals surface area contributed by atoms with Gasteiger partial charge in [-0.05, 0) is 136 Å². The monoisotopic (exact) mass is 686 g/mol. The molecule has 0 radical (unpaired) electrons. The van der Waals surface area contributed by atoms with E-state index in [0.29, 0.717) is 33.9 Å². The number of pyridine rings is 4. The normalized spacial score (nSPS) is 21.0. The highest BCUT2D eigenvalue weighted by molar-refractivity contribution is 6.30. The van der Waals surface area contributed by atoms with Crippen LogP contribution in [0.2, 0.25) is 10.3 Å². The lowest BCUT2D eigenvalue weighted by Gasteiger charge is -2.26. The average molecular weight is 688 g/mol. The molecule has 0 N–H and O–H groups in total. The summed E-state index contributed by atoms with van der Waals surface area (Å²) in [5.74, 6) is 1.80. The molecule has 0 unspecified atom stereocenters. The van der Waals surface area contributed by atoms with Gasteiger partial charge in [0.05, 0.1) is 21.9 Å². The zero-order valence-corrected chi connectivity index (χ0v) is 28.8. The number of fused-ring (bicyclic) bond motifs is 2. The van der Waals surface area contributed by atoms with Crippen LogP contribution in [0.3, 0.4) is 0 Å². The maximum absolute atomic E-state index is 9.06. The van der Waals surface area contributed by atoms with Gasteiger partial charge in [0.1, 0.15) is 21.5 Å². The quantitative estimate of drug-likeness (QED) is 0.0695. The number of hydrogen-bond acceptors (Lipinski definition) is 8. The van der Waals surface area contributed by atoms with Crippen LogP contribution in [0.4, 0.5) is 0 Å². The Hall–Kier alpha value is -4.08. The Labute approximate surface area is 287 Å². The van der Waals surface area contributed by atoms with Crippen LogP contribution < -0.4 is 9.47 Å². The Kier molecular flexibility index (Phi) is 7.99. The van der Waals surface area contributed by atoms with Crippen LogP contribution in [0.5, 0.6) is 11.8 Å². The summed E-state index contributed by atoms with van der Waals surface area (Å²) in [5.41, 5.74) is 18.4. The average Bonchev–Trinajstić information content (AvgIpc) is 3.86. The summed E-state index contributed by atoms with van der Waals surface area (Å²) in [4.78, 5) is 23.6. The van der Waals surface area contributed by atoms with E-state index in [4.69, 9.17) is 43.7 Å². The number of azide groups is 2. The first-order valence-corrected chi connectivity index (χ1v) is 17.1. The molecule has 12 nitrogen and oxygen atoms in total. The molecule has 0 aliphatic heterocycles. The lowest BCUT2D eigenvalue weighted by molar-refractivity contribution is 0.194. The maximum atomic E-state index is 9.06. The molecule has 4 aliphatic rings. The van der Waals surface area contributed by atoms with Crippen LogP contribution in [0.25, 0.3) is 42.4 Å². The van der Waals surface area contributed by atoms with Crippen LogP contribution in [0.1, 0.15) is 90.2 Å². The topological polar surface area (TPSA) is 168 Å². The van der Waals surface area contributed by atoms with Crippen molar-refractivity contribution in [3.05, 3.63) is 79.2 Å². The van der Waals surface area contributed by atoms with E-state index >= 15 is 0 Å². The largest absolute Gasteiger partial charge is 0.471 e. The second-order valence-corrected chi connectivity index (χ2v) is 15.2. The Morgan fingerprint density at radius 2 is 1.04 bits per heavy atom. The Morgan fingerprint density at radius 1 is 0.667 bits per heavy atom. The first-order chi connectivity index (χ1) is 22.9. The molecular formula is C34H36Cl2N10O2. The molecule has 4 aromatic heterocycles. The van der Waals surface area contributed by atoms with Crippen molar-refractivity contribution in [2.45, 2.75) is 101 Å². The summed E-state index contributed by atoms with van der Waals surface area (Å²) < 4.78 is 12.1. The maximum Gasteiger partial charge on any atom is 0.223 e. The lowest BCUT2D eigenvalue weighted by Crippen LogP contribution is -2.22. The molecule has 14 heteroatoms. The Morgan fingerprint density at radius 3 is 1.35 bits per heavy atom. The second-order valence-electron chi connectivity index (χ2n) is 14.4. The van der Waals surface area contributed by atoms with E-state index in [1.54, 1.807) is 24.8 Å². The molecule has 4 aliphatic carbocycles. The van der Waals surface area contributed by atoms with Gasteiger partial charge < -0.3 is 9.47 Å². The van der Waals surface area contributed by atoms with E-state index < -0.39 is 11.1 Å². The fourth-order valence-corrected chi connectivity index (χ4v) is 6.67. The Bertz CT molecular complexity index is 1890. The van der Waals surface area contributed by atoms with Crippen molar-refractivity contribution in [2.24, 2.45) is 22.1 Å². The molecule has 4 heterocycles. The molecule has 4 aromatic rings. The van der Waals surface area contributed by atoms with Crippen molar-refractivity contribution in [3.8, 4) is 11.8 Å². The minimum atomic E-state index is -0.632. The van der Waals surface area contributed by atoms with E-state index in [2.05, 4.69) is 53.8 Å². The highest BCUT2D eigenvalue weighted by atomic mass is 35.5. The number of aromatic nitrogens is 4. The van der Waals surface area contributed by atoms with Crippen LogP contribution >= 0.6 is 23.2 Å². The van der Waals surface area contributed by atoms with Gasteiger partial charge in [0.15, 0.2) is 0 Å². The van der Waals surface area contributed by atoms with Gasteiger partial charge in [-0.2, -0.15) is 0 Å². The lowest BCUT2D eigenvalue weighted by atomic mass is 9.86. The first-order valence-electron chi connectivity index (χ1n) is 16.3. The predicted molar refractivity (Wildman–Crippen MR) is 184 cm³/mol. The summed E-state index contributed by atoms with van der Waals surface area (Å²) in [6, 6.07) is 3.62. The number of nitrogens with zero attached hydrogens (tertiary/aromatic N) is 10. The molecule has 0 aromatic carbocycles. The molecular weight excluding hydrogens is 651 g/mol. The highest BCUT2D eigenvalue weighted by Gasteiger charge is 2.46. The van der Waals surface area contributed by atoms with Gasteiger partial charge in [0.25, 0.3) is 0 Å². The van der Waals surface area contributed by atoms with Crippen molar-refractivity contribution >= 4 is 44.7 Å². The SMILES string of the molecule is CC1(Oc2ncc([C@@](C)(N=[N+]=[N-])C3CC3)c3cc(Cl)ncc23)CC1.CC1(Oc2ncc([C@](C)(N=[N+]=[N-])C3CC3)c3cc(Cl)ncc23)CC1. The number of rotatable bonds is 10. The molecule has 0 bridgehead atoms. The smallest absolute Gasteiger partial charge is 0.223 e. The summed E-state index contributed by atoms with van der Waals surface area (Å²) in [6.45, 7) is 8.09. The van der Waals surface area contributed by atoms with E-state index in [-0.39, 0.29) is 11.2 Å². The fourth-order valence-electron chi connectivity index (χ4n) is 6.35. The number of hydrogen-bond donors (Lipinski definition) is 0. The molecule has 4 fully saturated rings. The minimum absolute atomic E-state index is 0.133.